The Kier molecular flexibility index (Phi) is 4.76. The van der Waals surface area contributed by atoms with Crippen LogP contribution in [0.2, 0.25) is 0 Å². The lowest BCUT2D eigenvalue weighted by molar-refractivity contribution is 0.318. The maximum Gasteiger partial charge on any atom is 0.142 e. The molecule has 1 heterocycles. The summed E-state index contributed by atoms with van der Waals surface area (Å²) in [5, 5.41) is 11.1. The number of aromatic hydroxyl groups is 1. The topological polar surface area (TPSA) is 23.5 Å². The van der Waals surface area contributed by atoms with Crippen molar-refractivity contribution in [2.24, 2.45) is 5.41 Å². The monoisotopic (exact) mass is 331 g/mol. The Balaban J connectivity index is 2.65. The van der Waals surface area contributed by atoms with Crippen LogP contribution in [-0.2, 0) is 10.8 Å². The summed E-state index contributed by atoms with van der Waals surface area (Å²) in [6.45, 7) is 21.3. The molecule has 0 aliphatic carbocycles. The molecule has 1 saturated heterocycles. The van der Waals surface area contributed by atoms with Crippen LogP contribution in [0.1, 0.15) is 86.3 Å². The molecule has 1 aromatic rings. The fraction of sp³-hybridized carbons (Fsp3) is 0.727. The van der Waals surface area contributed by atoms with Gasteiger partial charge in [0, 0.05) is 18.2 Å². The Labute approximate surface area is 149 Å². The van der Waals surface area contributed by atoms with Crippen molar-refractivity contribution in [3.8, 4) is 5.75 Å². The minimum absolute atomic E-state index is 0.0689. The fourth-order valence-corrected chi connectivity index (χ4v) is 3.80. The third-order valence-corrected chi connectivity index (χ3v) is 5.33. The largest absolute Gasteiger partial charge is 0.505 e. The minimum atomic E-state index is -0.0724. The molecule has 136 valence electrons. The first-order chi connectivity index (χ1) is 10.7. The van der Waals surface area contributed by atoms with Crippen LogP contribution in [0, 0.1) is 5.41 Å². The first-order valence-electron chi connectivity index (χ1n) is 9.37. The van der Waals surface area contributed by atoms with Crippen molar-refractivity contribution in [2.45, 2.75) is 92.0 Å². The van der Waals surface area contributed by atoms with Gasteiger partial charge in [0.25, 0.3) is 0 Å². The number of hydrogen-bond donors (Lipinski definition) is 1. The highest BCUT2D eigenvalue weighted by atomic mass is 16.3. The maximum absolute atomic E-state index is 11.1. The number of phenolic OH excluding ortho intramolecular Hbond substituents is 1. The van der Waals surface area contributed by atoms with Gasteiger partial charge in [-0.05, 0) is 40.7 Å². The van der Waals surface area contributed by atoms with Crippen LogP contribution in [-0.4, -0.2) is 17.7 Å². The van der Waals surface area contributed by atoms with Gasteiger partial charge in [-0.15, -0.1) is 0 Å². The second-order valence-electron chi connectivity index (χ2n) is 10.6. The molecule has 0 aromatic heterocycles. The number of benzene rings is 1. The quantitative estimate of drug-likeness (QED) is 0.682. The van der Waals surface area contributed by atoms with Crippen molar-refractivity contribution < 1.29 is 5.11 Å². The summed E-state index contributed by atoms with van der Waals surface area (Å²) < 4.78 is 0. The molecular weight excluding hydrogens is 294 g/mol. The summed E-state index contributed by atoms with van der Waals surface area (Å²) in [6, 6.07) is 4.92. The van der Waals surface area contributed by atoms with Crippen LogP contribution in [0.5, 0.6) is 5.75 Å². The van der Waals surface area contributed by atoms with E-state index in [1.54, 1.807) is 0 Å². The van der Waals surface area contributed by atoms with Gasteiger partial charge in [0.05, 0.1) is 5.69 Å². The highest BCUT2D eigenvalue weighted by Gasteiger charge is 2.37. The molecule has 1 fully saturated rings. The van der Waals surface area contributed by atoms with Crippen LogP contribution < -0.4 is 4.90 Å². The van der Waals surface area contributed by atoms with Crippen LogP contribution in [0.25, 0.3) is 0 Å². The van der Waals surface area contributed by atoms with Crippen molar-refractivity contribution in [3.05, 3.63) is 23.3 Å². The lowest BCUT2D eigenvalue weighted by Gasteiger charge is -2.38. The third kappa shape index (κ3) is 3.73. The van der Waals surface area contributed by atoms with Gasteiger partial charge in [-0.3, -0.25) is 0 Å². The highest BCUT2D eigenvalue weighted by molar-refractivity contribution is 5.66. The Morgan fingerprint density at radius 1 is 0.917 bits per heavy atom. The van der Waals surface area contributed by atoms with Gasteiger partial charge in [-0.2, -0.15) is 0 Å². The molecule has 0 bridgehead atoms. The van der Waals surface area contributed by atoms with Gasteiger partial charge in [0.15, 0.2) is 0 Å². The summed E-state index contributed by atoms with van der Waals surface area (Å²) in [5.41, 5.74) is 3.60. The number of hydrogen-bond acceptors (Lipinski definition) is 2. The number of nitrogens with zero attached hydrogens (tertiary/aromatic N) is 1. The van der Waals surface area contributed by atoms with Crippen molar-refractivity contribution in [3.63, 3.8) is 0 Å². The second-order valence-corrected chi connectivity index (χ2v) is 10.6. The molecular formula is C22H37NO. The molecule has 0 spiro atoms. The summed E-state index contributed by atoms with van der Waals surface area (Å²) in [4.78, 5) is 2.46. The van der Waals surface area contributed by atoms with E-state index in [1.165, 1.54) is 18.4 Å². The lowest BCUT2D eigenvalue weighted by atomic mass is 9.79. The highest BCUT2D eigenvalue weighted by Crippen LogP contribution is 2.45. The Hall–Kier alpha value is -1.18. The van der Waals surface area contributed by atoms with E-state index in [0.29, 0.717) is 11.8 Å². The second kappa shape index (κ2) is 5.97. The molecule has 0 unspecified atom stereocenters. The third-order valence-electron chi connectivity index (χ3n) is 5.33. The lowest BCUT2D eigenvalue weighted by Crippen LogP contribution is -2.39. The Morgan fingerprint density at radius 3 is 1.96 bits per heavy atom. The van der Waals surface area contributed by atoms with E-state index in [1.807, 2.05) is 0 Å². The van der Waals surface area contributed by atoms with Gasteiger partial charge in [-0.25, -0.2) is 0 Å². The predicted molar refractivity (Wildman–Crippen MR) is 105 cm³/mol. The molecule has 2 rings (SSSR count). The number of anilines is 1. The summed E-state index contributed by atoms with van der Waals surface area (Å²) in [7, 11) is 0. The smallest absolute Gasteiger partial charge is 0.142 e. The molecule has 1 aromatic carbocycles. The van der Waals surface area contributed by atoms with E-state index in [-0.39, 0.29) is 16.2 Å². The SMILES string of the molecule is CC(C)(C)c1cc(N2CCC[C@H]2C(C)(C)C)c(O)c(C(C)(C)C)c1. The zero-order valence-corrected chi connectivity index (χ0v) is 17.2. The first-order valence-corrected chi connectivity index (χ1v) is 9.37. The molecule has 2 nitrogen and oxygen atoms in total. The van der Waals surface area contributed by atoms with Crippen LogP contribution in [0.4, 0.5) is 5.69 Å². The average Bonchev–Trinajstić information content (AvgIpc) is 2.84. The van der Waals surface area contributed by atoms with Crippen molar-refractivity contribution in [1.29, 1.82) is 0 Å². The average molecular weight is 332 g/mol. The Bertz CT molecular complexity index is 596. The molecule has 1 aliphatic rings. The number of rotatable bonds is 1. The van der Waals surface area contributed by atoms with Gasteiger partial charge >= 0.3 is 0 Å². The summed E-state index contributed by atoms with van der Waals surface area (Å²) in [5.74, 6) is 0.478. The maximum atomic E-state index is 11.1. The fourth-order valence-electron chi connectivity index (χ4n) is 3.80. The summed E-state index contributed by atoms with van der Waals surface area (Å²) >= 11 is 0. The normalized spacial score (nSPS) is 19.9. The zero-order valence-electron chi connectivity index (χ0n) is 17.2. The van der Waals surface area contributed by atoms with Gasteiger partial charge in [-0.1, -0.05) is 68.4 Å². The molecule has 1 aliphatic heterocycles. The predicted octanol–water partition coefficient (Wildman–Crippen LogP) is 6.00. The Morgan fingerprint density at radius 2 is 1.50 bits per heavy atom. The molecule has 0 radical (unpaired) electrons. The van der Waals surface area contributed by atoms with Gasteiger partial charge in [0.1, 0.15) is 5.75 Å². The van der Waals surface area contributed by atoms with E-state index in [9.17, 15) is 5.11 Å². The van der Waals surface area contributed by atoms with E-state index in [0.717, 1.165) is 17.8 Å². The van der Waals surface area contributed by atoms with E-state index >= 15 is 0 Å². The minimum Gasteiger partial charge on any atom is -0.505 e. The zero-order chi connectivity index (χ0) is 18.5. The van der Waals surface area contributed by atoms with Gasteiger partial charge < -0.3 is 10.0 Å². The van der Waals surface area contributed by atoms with Crippen LogP contribution in [0.15, 0.2) is 12.1 Å². The van der Waals surface area contributed by atoms with Crippen molar-refractivity contribution in [2.75, 3.05) is 11.4 Å². The van der Waals surface area contributed by atoms with Gasteiger partial charge in [0.2, 0.25) is 0 Å². The van der Waals surface area contributed by atoms with Crippen molar-refractivity contribution >= 4 is 5.69 Å². The molecule has 2 heteroatoms. The van der Waals surface area contributed by atoms with E-state index < -0.39 is 0 Å². The number of phenols is 1. The summed E-state index contributed by atoms with van der Waals surface area (Å²) in [6.07, 6.45) is 2.40. The van der Waals surface area contributed by atoms with E-state index in [4.69, 9.17) is 0 Å². The van der Waals surface area contributed by atoms with E-state index in [2.05, 4.69) is 79.3 Å². The molecule has 0 saturated carbocycles. The molecule has 0 amide bonds. The van der Waals surface area contributed by atoms with Crippen molar-refractivity contribution in [1.82, 2.24) is 0 Å². The van der Waals surface area contributed by atoms with Crippen LogP contribution in [0.3, 0.4) is 0 Å². The first kappa shape index (κ1) is 19.1. The molecule has 1 atom stereocenters. The van der Waals surface area contributed by atoms with Crippen LogP contribution >= 0.6 is 0 Å². The molecule has 1 N–H and O–H groups in total. The standard InChI is InChI=1S/C22H37NO/c1-20(2,3)15-13-16(21(4,5)6)19(24)17(14-15)23-12-10-11-18(23)22(7,8)9/h13-14,18,24H,10-12H2,1-9H3/t18-/m0/s1. The molecule has 24 heavy (non-hydrogen) atoms.